The fourth-order valence-electron chi connectivity index (χ4n) is 3.79. The topological polar surface area (TPSA) is 43.9 Å². The van der Waals surface area contributed by atoms with Crippen LogP contribution in [0.2, 0.25) is 0 Å². The maximum Gasteiger partial charge on any atom is 0.248 e. The van der Waals surface area contributed by atoms with Gasteiger partial charge >= 0.3 is 0 Å². The lowest BCUT2D eigenvalue weighted by Crippen LogP contribution is -2.01. The molecule has 0 amide bonds. The fourth-order valence-corrected chi connectivity index (χ4v) is 3.79. The third-order valence-electron chi connectivity index (χ3n) is 5.52. The maximum atomic E-state index is 5.95. The molecule has 0 N–H and O–H groups in total. The summed E-state index contributed by atoms with van der Waals surface area (Å²) in [5.41, 5.74) is 6.92. The standard InChI is InChI=1S/C25H21N3O/c1-17-18(2)28(16-19-9-5-3-6-10-19)23-14-13-21(15-22(17)23)25-27-26-24(29-25)20-11-7-4-8-12-20/h3-15H,16H2,1-2H3. The van der Waals surface area contributed by atoms with Gasteiger partial charge in [0.25, 0.3) is 0 Å². The van der Waals surface area contributed by atoms with Crippen molar-refractivity contribution in [3.8, 4) is 22.9 Å². The maximum absolute atomic E-state index is 5.95. The van der Waals surface area contributed by atoms with Crippen molar-refractivity contribution in [2.24, 2.45) is 0 Å². The van der Waals surface area contributed by atoms with E-state index in [1.54, 1.807) is 0 Å². The summed E-state index contributed by atoms with van der Waals surface area (Å²) in [7, 11) is 0. The van der Waals surface area contributed by atoms with Crippen LogP contribution in [0.5, 0.6) is 0 Å². The van der Waals surface area contributed by atoms with Gasteiger partial charge in [-0.15, -0.1) is 10.2 Å². The second-order valence-corrected chi connectivity index (χ2v) is 7.29. The van der Waals surface area contributed by atoms with Crippen molar-refractivity contribution in [3.05, 3.63) is 95.7 Å². The lowest BCUT2D eigenvalue weighted by atomic mass is 10.1. The molecule has 0 fully saturated rings. The predicted octanol–water partition coefficient (Wildman–Crippen LogP) is 6.02. The molecule has 2 aromatic heterocycles. The molecule has 142 valence electrons. The monoisotopic (exact) mass is 379 g/mol. The van der Waals surface area contributed by atoms with Crippen molar-refractivity contribution in [3.63, 3.8) is 0 Å². The van der Waals surface area contributed by atoms with Crippen LogP contribution in [-0.2, 0) is 6.54 Å². The molecule has 5 rings (SSSR count). The van der Waals surface area contributed by atoms with Crippen molar-refractivity contribution in [1.82, 2.24) is 14.8 Å². The van der Waals surface area contributed by atoms with E-state index in [0.29, 0.717) is 11.8 Å². The zero-order valence-electron chi connectivity index (χ0n) is 16.5. The van der Waals surface area contributed by atoms with Crippen LogP contribution in [0.3, 0.4) is 0 Å². The summed E-state index contributed by atoms with van der Waals surface area (Å²) in [5, 5.41) is 9.71. The number of aryl methyl sites for hydroxylation is 1. The van der Waals surface area contributed by atoms with Crippen LogP contribution < -0.4 is 0 Å². The molecule has 29 heavy (non-hydrogen) atoms. The van der Waals surface area contributed by atoms with Gasteiger partial charge in [-0.3, -0.25) is 0 Å². The molecule has 4 heteroatoms. The Bertz CT molecular complexity index is 1280. The highest BCUT2D eigenvalue weighted by atomic mass is 16.4. The number of hydrogen-bond donors (Lipinski definition) is 0. The second-order valence-electron chi connectivity index (χ2n) is 7.29. The number of rotatable bonds is 4. The van der Waals surface area contributed by atoms with E-state index in [9.17, 15) is 0 Å². The van der Waals surface area contributed by atoms with Crippen LogP contribution in [0.4, 0.5) is 0 Å². The molecular weight excluding hydrogens is 358 g/mol. The highest BCUT2D eigenvalue weighted by Gasteiger charge is 2.15. The van der Waals surface area contributed by atoms with E-state index in [2.05, 4.69) is 77.1 Å². The zero-order valence-corrected chi connectivity index (χ0v) is 16.5. The SMILES string of the molecule is Cc1c(C)n(Cc2ccccc2)c2ccc(-c3nnc(-c4ccccc4)o3)cc12. The Labute approximate surface area is 169 Å². The van der Waals surface area contributed by atoms with Gasteiger partial charge in [-0.2, -0.15) is 0 Å². The van der Waals surface area contributed by atoms with E-state index >= 15 is 0 Å². The Balaban J connectivity index is 1.55. The van der Waals surface area contributed by atoms with Crippen molar-refractivity contribution >= 4 is 10.9 Å². The van der Waals surface area contributed by atoms with Crippen molar-refractivity contribution in [2.45, 2.75) is 20.4 Å². The summed E-state index contributed by atoms with van der Waals surface area (Å²) in [6.45, 7) is 5.21. The Kier molecular flexibility index (Phi) is 4.24. The molecule has 0 bridgehead atoms. The minimum Gasteiger partial charge on any atom is -0.416 e. The predicted molar refractivity (Wildman–Crippen MR) is 116 cm³/mol. The number of fused-ring (bicyclic) bond motifs is 1. The molecule has 0 saturated carbocycles. The summed E-state index contributed by atoms with van der Waals surface area (Å²) in [6.07, 6.45) is 0. The van der Waals surface area contributed by atoms with Crippen LogP contribution >= 0.6 is 0 Å². The molecule has 0 atom stereocenters. The van der Waals surface area contributed by atoms with Crippen LogP contribution in [0.25, 0.3) is 33.8 Å². The number of benzene rings is 3. The molecule has 0 saturated heterocycles. The van der Waals surface area contributed by atoms with Gasteiger partial charge < -0.3 is 8.98 Å². The highest BCUT2D eigenvalue weighted by molar-refractivity contribution is 5.88. The van der Waals surface area contributed by atoms with Gasteiger partial charge in [0.15, 0.2) is 0 Å². The number of hydrogen-bond acceptors (Lipinski definition) is 3. The van der Waals surface area contributed by atoms with Crippen LogP contribution in [0.1, 0.15) is 16.8 Å². The van der Waals surface area contributed by atoms with Gasteiger partial charge in [-0.25, -0.2) is 0 Å². The minimum absolute atomic E-state index is 0.537. The van der Waals surface area contributed by atoms with Gasteiger partial charge in [0, 0.05) is 34.3 Å². The summed E-state index contributed by atoms with van der Waals surface area (Å²) in [4.78, 5) is 0. The first-order chi connectivity index (χ1) is 14.2. The molecule has 0 aliphatic rings. The zero-order chi connectivity index (χ0) is 19.8. The Morgan fingerprint density at radius 1 is 0.759 bits per heavy atom. The first-order valence-electron chi connectivity index (χ1n) is 9.73. The van der Waals surface area contributed by atoms with E-state index in [0.717, 1.165) is 17.7 Å². The normalized spacial score (nSPS) is 11.2. The number of aromatic nitrogens is 3. The summed E-state index contributed by atoms with van der Waals surface area (Å²) < 4.78 is 8.32. The number of nitrogens with zero attached hydrogens (tertiary/aromatic N) is 3. The molecule has 0 radical (unpaired) electrons. The van der Waals surface area contributed by atoms with E-state index in [1.165, 1.54) is 27.7 Å². The third kappa shape index (κ3) is 3.13. The fraction of sp³-hybridized carbons (Fsp3) is 0.120. The quantitative estimate of drug-likeness (QED) is 0.383. The minimum atomic E-state index is 0.537. The van der Waals surface area contributed by atoms with Crippen LogP contribution in [-0.4, -0.2) is 14.8 Å². The molecule has 4 nitrogen and oxygen atoms in total. The van der Waals surface area contributed by atoms with Crippen molar-refractivity contribution < 1.29 is 4.42 Å². The van der Waals surface area contributed by atoms with Crippen LogP contribution in [0.15, 0.2) is 83.3 Å². The lowest BCUT2D eigenvalue weighted by molar-refractivity contribution is 0.584. The van der Waals surface area contributed by atoms with Crippen LogP contribution in [0, 0.1) is 13.8 Å². The Morgan fingerprint density at radius 2 is 1.41 bits per heavy atom. The van der Waals surface area contributed by atoms with E-state index in [-0.39, 0.29) is 0 Å². The molecule has 0 aliphatic carbocycles. The third-order valence-corrected chi connectivity index (χ3v) is 5.52. The summed E-state index contributed by atoms with van der Waals surface area (Å²) >= 11 is 0. The van der Waals surface area contributed by atoms with Crippen molar-refractivity contribution in [1.29, 1.82) is 0 Å². The average molecular weight is 379 g/mol. The largest absolute Gasteiger partial charge is 0.416 e. The first-order valence-corrected chi connectivity index (χ1v) is 9.73. The smallest absolute Gasteiger partial charge is 0.248 e. The first kappa shape index (κ1) is 17.4. The van der Waals surface area contributed by atoms with E-state index < -0.39 is 0 Å². The lowest BCUT2D eigenvalue weighted by Gasteiger charge is -2.09. The molecule has 0 unspecified atom stereocenters. The molecule has 2 heterocycles. The van der Waals surface area contributed by atoms with E-state index in [1.807, 2.05) is 30.3 Å². The van der Waals surface area contributed by atoms with Gasteiger partial charge in [0.2, 0.25) is 11.8 Å². The Hall–Kier alpha value is -3.66. The molecular formula is C25H21N3O. The van der Waals surface area contributed by atoms with E-state index in [4.69, 9.17) is 4.42 Å². The highest BCUT2D eigenvalue weighted by Crippen LogP contribution is 2.31. The Morgan fingerprint density at radius 3 is 2.14 bits per heavy atom. The van der Waals surface area contributed by atoms with Gasteiger partial charge in [0.1, 0.15) is 0 Å². The summed E-state index contributed by atoms with van der Waals surface area (Å²) in [6, 6.07) is 26.8. The van der Waals surface area contributed by atoms with Gasteiger partial charge in [-0.05, 0) is 55.3 Å². The summed E-state index contributed by atoms with van der Waals surface area (Å²) in [5.74, 6) is 1.08. The van der Waals surface area contributed by atoms with Crippen molar-refractivity contribution in [2.75, 3.05) is 0 Å². The molecule has 0 aliphatic heterocycles. The molecule has 5 aromatic rings. The molecule has 3 aromatic carbocycles. The average Bonchev–Trinajstić information content (AvgIpc) is 3.35. The van der Waals surface area contributed by atoms with Gasteiger partial charge in [-0.1, -0.05) is 48.5 Å². The molecule has 0 spiro atoms. The van der Waals surface area contributed by atoms with Gasteiger partial charge in [0.05, 0.1) is 0 Å². The second kappa shape index (κ2) is 7.06.